The minimum absolute atomic E-state index is 0.262. The number of pyridine rings is 1. The molecule has 0 spiro atoms. The average molecular weight is 390 g/mol. The zero-order chi connectivity index (χ0) is 19.4. The number of amides is 3. The van der Waals surface area contributed by atoms with E-state index in [0.717, 1.165) is 0 Å². The van der Waals surface area contributed by atoms with Crippen molar-refractivity contribution in [1.82, 2.24) is 25.0 Å². The summed E-state index contributed by atoms with van der Waals surface area (Å²) in [6, 6.07) is 5.26. The fourth-order valence-corrected chi connectivity index (χ4v) is 3.17. The number of nitrogens with zero attached hydrogens (tertiary/aromatic N) is 5. The second-order valence-corrected chi connectivity index (χ2v) is 7.99. The zero-order valence-corrected chi connectivity index (χ0v) is 16.3. The van der Waals surface area contributed by atoms with E-state index in [1.54, 1.807) is 16.0 Å². The highest BCUT2D eigenvalue weighted by atomic mass is 32.1. The van der Waals surface area contributed by atoms with Crippen molar-refractivity contribution >= 4 is 28.6 Å². The molecule has 0 unspecified atom stereocenters. The van der Waals surface area contributed by atoms with Gasteiger partial charge in [-0.3, -0.25) is 10.3 Å². The Balaban J connectivity index is 1.52. The molecule has 0 saturated carbocycles. The number of aromatic nitrogens is 3. The molecule has 2 aromatic heterocycles. The van der Waals surface area contributed by atoms with Crippen molar-refractivity contribution in [3.05, 3.63) is 24.4 Å². The number of nitrogens with one attached hydrogen (secondary N) is 1. The monoisotopic (exact) mass is 390 g/mol. The Kier molecular flexibility index (Phi) is 5.54. The second-order valence-electron chi connectivity index (χ2n) is 7.01. The van der Waals surface area contributed by atoms with Gasteiger partial charge in [-0.2, -0.15) is 0 Å². The van der Waals surface area contributed by atoms with Crippen LogP contribution in [0.1, 0.15) is 20.8 Å². The van der Waals surface area contributed by atoms with Gasteiger partial charge in [0.15, 0.2) is 5.01 Å². The zero-order valence-electron chi connectivity index (χ0n) is 15.5. The molecule has 0 aromatic carbocycles. The third-order valence-electron chi connectivity index (χ3n) is 3.74. The van der Waals surface area contributed by atoms with Crippen LogP contribution in [-0.4, -0.2) is 68.9 Å². The molecule has 3 heterocycles. The fourth-order valence-electron chi connectivity index (χ4n) is 2.46. The molecule has 1 saturated heterocycles. The third kappa shape index (κ3) is 5.13. The van der Waals surface area contributed by atoms with Crippen LogP contribution in [0.2, 0.25) is 0 Å². The minimum atomic E-state index is -0.533. The predicted octanol–water partition coefficient (Wildman–Crippen LogP) is 2.68. The molecule has 0 bridgehead atoms. The lowest BCUT2D eigenvalue weighted by molar-refractivity contribution is 0.0174. The van der Waals surface area contributed by atoms with Gasteiger partial charge in [-0.15, -0.1) is 10.2 Å². The van der Waals surface area contributed by atoms with Gasteiger partial charge in [-0.1, -0.05) is 17.4 Å². The van der Waals surface area contributed by atoms with Crippen molar-refractivity contribution < 1.29 is 14.3 Å². The van der Waals surface area contributed by atoms with Gasteiger partial charge in [-0.05, 0) is 32.9 Å². The first-order valence-electron chi connectivity index (χ1n) is 8.60. The number of piperazine rings is 1. The van der Waals surface area contributed by atoms with Crippen LogP contribution in [0.15, 0.2) is 24.4 Å². The van der Waals surface area contributed by atoms with Crippen LogP contribution >= 0.6 is 11.3 Å². The summed E-state index contributed by atoms with van der Waals surface area (Å²) in [4.78, 5) is 32.0. The highest BCUT2D eigenvalue weighted by Crippen LogP contribution is 2.24. The van der Waals surface area contributed by atoms with Gasteiger partial charge in [0.1, 0.15) is 11.3 Å². The maximum atomic E-state index is 12.4. The molecular formula is C17H22N6O3S. The van der Waals surface area contributed by atoms with Crippen LogP contribution in [0, 0.1) is 0 Å². The number of carbonyl (C=O) groups is 2. The first-order valence-corrected chi connectivity index (χ1v) is 9.42. The molecule has 0 atom stereocenters. The first kappa shape index (κ1) is 19.0. The topological polar surface area (TPSA) is 101 Å². The van der Waals surface area contributed by atoms with E-state index in [-0.39, 0.29) is 12.1 Å². The van der Waals surface area contributed by atoms with Crippen molar-refractivity contribution in [3.63, 3.8) is 0 Å². The van der Waals surface area contributed by atoms with E-state index >= 15 is 0 Å². The van der Waals surface area contributed by atoms with E-state index < -0.39 is 5.60 Å². The number of anilines is 1. The highest BCUT2D eigenvalue weighted by Gasteiger charge is 2.28. The molecule has 0 aliphatic carbocycles. The van der Waals surface area contributed by atoms with Crippen molar-refractivity contribution in [1.29, 1.82) is 0 Å². The van der Waals surface area contributed by atoms with Gasteiger partial charge in [0.25, 0.3) is 0 Å². The molecule has 1 aliphatic rings. The first-order chi connectivity index (χ1) is 12.8. The molecule has 10 heteroatoms. The Morgan fingerprint density at radius 1 is 1.11 bits per heavy atom. The summed E-state index contributed by atoms with van der Waals surface area (Å²) < 4.78 is 5.36. The Morgan fingerprint density at radius 3 is 2.44 bits per heavy atom. The predicted molar refractivity (Wildman–Crippen MR) is 102 cm³/mol. The molecule has 3 rings (SSSR count). The SMILES string of the molecule is CC(C)(C)OC(=O)N1CCN(C(=O)Nc2nnc(-c3ccccn3)s2)CC1. The van der Waals surface area contributed by atoms with Gasteiger partial charge >= 0.3 is 12.1 Å². The summed E-state index contributed by atoms with van der Waals surface area (Å²) in [7, 11) is 0. The molecule has 1 fully saturated rings. The Labute approximate surface area is 161 Å². The minimum Gasteiger partial charge on any atom is -0.444 e. The molecule has 2 aromatic rings. The summed E-state index contributed by atoms with van der Waals surface area (Å²) in [5, 5.41) is 11.9. The van der Waals surface area contributed by atoms with E-state index in [4.69, 9.17) is 4.74 Å². The van der Waals surface area contributed by atoms with Crippen LogP contribution in [0.4, 0.5) is 14.7 Å². The van der Waals surface area contributed by atoms with E-state index in [2.05, 4.69) is 20.5 Å². The number of carbonyl (C=O) groups excluding carboxylic acids is 2. The summed E-state index contributed by atoms with van der Waals surface area (Å²) >= 11 is 1.26. The molecule has 1 N–H and O–H groups in total. The maximum absolute atomic E-state index is 12.4. The average Bonchev–Trinajstić information content (AvgIpc) is 3.09. The smallest absolute Gasteiger partial charge is 0.410 e. The van der Waals surface area contributed by atoms with Crippen molar-refractivity contribution in [2.24, 2.45) is 0 Å². The van der Waals surface area contributed by atoms with Gasteiger partial charge in [-0.25, -0.2) is 9.59 Å². The lowest BCUT2D eigenvalue weighted by Crippen LogP contribution is -2.52. The van der Waals surface area contributed by atoms with Gasteiger partial charge < -0.3 is 14.5 Å². The molecule has 0 radical (unpaired) electrons. The highest BCUT2D eigenvalue weighted by molar-refractivity contribution is 7.18. The van der Waals surface area contributed by atoms with Crippen LogP contribution in [0.5, 0.6) is 0 Å². The number of hydrogen-bond donors (Lipinski definition) is 1. The molecule has 144 valence electrons. The molecule has 3 amide bonds. The van der Waals surface area contributed by atoms with Crippen LogP contribution in [0.25, 0.3) is 10.7 Å². The normalized spacial score (nSPS) is 14.8. The van der Waals surface area contributed by atoms with Crippen molar-refractivity contribution in [3.8, 4) is 10.7 Å². The third-order valence-corrected chi connectivity index (χ3v) is 4.60. The summed E-state index contributed by atoms with van der Waals surface area (Å²) in [6.45, 7) is 7.20. The van der Waals surface area contributed by atoms with Crippen LogP contribution in [-0.2, 0) is 4.74 Å². The van der Waals surface area contributed by atoms with Gasteiger partial charge in [0.2, 0.25) is 5.13 Å². The lowest BCUT2D eigenvalue weighted by atomic mass is 10.2. The van der Waals surface area contributed by atoms with Crippen LogP contribution in [0.3, 0.4) is 0 Å². The standard InChI is InChI=1S/C17H22N6O3S/c1-17(2,3)26-16(25)23-10-8-22(9-11-23)15(24)19-14-21-20-13(27-14)12-6-4-5-7-18-12/h4-7H,8-11H2,1-3H3,(H,19,21,24). The number of urea groups is 1. The quantitative estimate of drug-likeness (QED) is 0.846. The van der Waals surface area contributed by atoms with E-state index in [1.165, 1.54) is 11.3 Å². The molecular weight excluding hydrogens is 368 g/mol. The summed E-state index contributed by atoms with van der Waals surface area (Å²) in [5.74, 6) is 0. The van der Waals surface area contributed by atoms with Crippen LogP contribution < -0.4 is 5.32 Å². The molecule has 1 aliphatic heterocycles. The van der Waals surface area contributed by atoms with Gasteiger partial charge in [0.05, 0.1) is 0 Å². The van der Waals surface area contributed by atoms with E-state index in [9.17, 15) is 9.59 Å². The molecule has 27 heavy (non-hydrogen) atoms. The number of rotatable bonds is 2. The Bertz CT molecular complexity index is 797. The van der Waals surface area contributed by atoms with Crippen molar-refractivity contribution in [2.45, 2.75) is 26.4 Å². The Morgan fingerprint density at radius 2 is 1.81 bits per heavy atom. The molecule has 9 nitrogen and oxygen atoms in total. The Hall–Kier alpha value is -2.75. The number of ether oxygens (including phenoxy) is 1. The summed E-state index contributed by atoms with van der Waals surface area (Å²) in [6.07, 6.45) is 1.32. The fraction of sp³-hybridized carbons (Fsp3) is 0.471. The second kappa shape index (κ2) is 7.87. The largest absolute Gasteiger partial charge is 0.444 e. The lowest BCUT2D eigenvalue weighted by Gasteiger charge is -2.35. The van der Waals surface area contributed by atoms with Gasteiger partial charge in [0, 0.05) is 32.4 Å². The van der Waals surface area contributed by atoms with E-state index in [0.29, 0.717) is 42.0 Å². The summed E-state index contributed by atoms with van der Waals surface area (Å²) in [5.41, 5.74) is 0.177. The number of hydrogen-bond acceptors (Lipinski definition) is 7. The van der Waals surface area contributed by atoms with E-state index in [1.807, 2.05) is 39.0 Å². The maximum Gasteiger partial charge on any atom is 0.410 e. The van der Waals surface area contributed by atoms with Crippen molar-refractivity contribution in [2.75, 3.05) is 31.5 Å².